The summed E-state index contributed by atoms with van der Waals surface area (Å²) in [5.74, 6) is -1.24. The van der Waals surface area contributed by atoms with E-state index in [1.165, 1.54) is 20.8 Å². The fourth-order valence-corrected chi connectivity index (χ4v) is 7.01. The molecule has 160 valence electrons. The number of halogens is 1. The van der Waals surface area contributed by atoms with Crippen molar-refractivity contribution in [3.8, 4) is 5.75 Å². The summed E-state index contributed by atoms with van der Waals surface area (Å²) in [4.78, 5) is 34.5. The largest absolute Gasteiger partial charge is 0.705 e. The Morgan fingerprint density at radius 2 is 1.69 bits per heavy atom. The van der Waals surface area contributed by atoms with Gasteiger partial charge in [0, 0.05) is 26.3 Å². The Labute approximate surface area is 177 Å². The van der Waals surface area contributed by atoms with Gasteiger partial charge < -0.3 is 22.1 Å². The quantitative estimate of drug-likeness (QED) is 0.431. The summed E-state index contributed by atoms with van der Waals surface area (Å²) in [6.45, 7) is 5.88. The van der Waals surface area contributed by atoms with Crippen LogP contribution in [0.4, 0.5) is 0 Å². The topological polar surface area (TPSA) is 97.4 Å². The van der Waals surface area contributed by atoms with Gasteiger partial charge in [0.05, 0.1) is 18.2 Å². The average Bonchev–Trinajstić information content (AvgIpc) is 2.60. The molecule has 1 atom stereocenters. The van der Waals surface area contributed by atoms with E-state index in [1.54, 1.807) is 0 Å². The predicted molar refractivity (Wildman–Crippen MR) is 108 cm³/mol. The lowest BCUT2D eigenvalue weighted by Crippen LogP contribution is -2.49. The lowest BCUT2D eigenvalue weighted by molar-refractivity contribution is -0.147. The summed E-state index contributed by atoms with van der Waals surface area (Å²) in [6.07, 6.45) is 1.07. The molecule has 29 heavy (non-hydrogen) atoms. The molecule has 0 saturated heterocycles. The van der Waals surface area contributed by atoms with Gasteiger partial charge in [-0.15, -0.1) is 11.6 Å². The third-order valence-electron chi connectivity index (χ3n) is 4.07. The first-order chi connectivity index (χ1) is 13.6. The number of hydrogen-bond donors (Lipinski definition) is 0. The fourth-order valence-electron chi connectivity index (χ4n) is 2.94. The van der Waals surface area contributed by atoms with Crippen LogP contribution in [-0.2, 0) is 45.1 Å². The zero-order chi connectivity index (χ0) is 21.7. The van der Waals surface area contributed by atoms with E-state index in [1.807, 2.05) is 24.7 Å². The molecule has 0 aromatic heterocycles. The molecule has 0 saturated carbocycles. The van der Waals surface area contributed by atoms with Gasteiger partial charge in [-0.1, -0.05) is 6.07 Å². The Hall–Kier alpha value is -1.89. The summed E-state index contributed by atoms with van der Waals surface area (Å²) >= 11 is 5.95. The van der Waals surface area contributed by atoms with Crippen molar-refractivity contribution in [2.45, 2.75) is 52.8 Å². The van der Waals surface area contributed by atoms with Crippen molar-refractivity contribution in [3.05, 3.63) is 29.3 Å². The number of aryl methyl sites for hydroxylation is 1. The lowest BCUT2D eigenvalue weighted by Gasteiger charge is -2.32. The standard InChI is InChI=1S/C18H25ClO8Si2/c1-13(20)24-29(25-14(2)21,26-15(3)22)9-5-6-16-7-8-18-17(10-16)11-23-28(4,12-19)27-18/h7-8,10H,5-6,9,11-12H2,1-4H3. The highest BCUT2D eigenvalue weighted by molar-refractivity contribution is 6.74. The second-order valence-corrected chi connectivity index (χ2v) is 13.2. The zero-order valence-corrected chi connectivity index (χ0v) is 19.7. The number of carbonyl (C=O) groups excluding carboxylic acids is 3. The molecule has 1 aliphatic rings. The minimum absolute atomic E-state index is 0.132. The van der Waals surface area contributed by atoms with Crippen molar-refractivity contribution in [1.82, 2.24) is 0 Å². The molecule has 1 aromatic rings. The van der Waals surface area contributed by atoms with Crippen LogP contribution in [0.3, 0.4) is 0 Å². The predicted octanol–water partition coefficient (Wildman–Crippen LogP) is 3.01. The molecule has 2 rings (SSSR count). The number of hydrogen-bond acceptors (Lipinski definition) is 8. The monoisotopic (exact) mass is 460 g/mol. The summed E-state index contributed by atoms with van der Waals surface area (Å²) in [6, 6.07) is 5.93. The molecule has 0 bridgehead atoms. The highest BCUT2D eigenvalue weighted by atomic mass is 35.5. The summed E-state index contributed by atoms with van der Waals surface area (Å²) < 4.78 is 27.3. The number of carbonyl (C=O) groups is 3. The maximum atomic E-state index is 11.5. The molecule has 0 fully saturated rings. The van der Waals surface area contributed by atoms with Gasteiger partial charge in [-0.25, -0.2) is 0 Å². The van der Waals surface area contributed by atoms with Gasteiger partial charge in [-0.3, -0.25) is 14.4 Å². The van der Waals surface area contributed by atoms with E-state index in [0.717, 1.165) is 16.9 Å². The van der Waals surface area contributed by atoms with Crippen molar-refractivity contribution in [2.24, 2.45) is 0 Å². The van der Waals surface area contributed by atoms with Crippen LogP contribution in [0.2, 0.25) is 12.6 Å². The van der Waals surface area contributed by atoms with Gasteiger partial charge in [-0.05, 0) is 37.1 Å². The summed E-state index contributed by atoms with van der Waals surface area (Å²) in [5.41, 5.74) is 2.29. The molecule has 0 amide bonds. The number of benzene rings is 1. The molecule has 1 aromatic carbocycles. The van der Waals surface area contributed by atoms with Gasteiger partial charge in [0.2, 0.25) is 0 Å². The molecule has 8 nitrogen and oxygen atoms in total. The van der Waals surface area contributed by atoms with Gasteiger partial charge in [0.1, 0.15) is 5.75 Å². The summed E-state index contributed by atoms with van der Waals surface area (Å²) in [5, 5.41) is 0. The van der Waals surface area contributed by atoms with Crippen LogP contribution in [0, 0.1) is 0 Å². The molecule has 11 heteroatoms. The molecule has 0 aliphatic carbocycles. The highest BCUT2D eigenvalue weighted by Crippen LogP contribution is 2.31. The van der Waals surface area contributed by atoms with Crippen molar-refractivity contribution in [1.29, 1.82) is 0 Å². The van der Waals surface area contributed by atoms with Crippen LogP contribution in [-0.4, -0.2) is 40.8 Å². The Balaban J connectivity index is 2.07. The molecule has 0 N–H and O–H groups in total. The van der Waals surface area contributed by atoms with Crippen molar-refractivity contribution < 1.29 is 36.5 Å². The van der Waals surface area contributed by atoms with Crippen molar-refractivity contribution in [3.63, 3.8) is 0 Å². The molecular formula is C18H25ClO8Si2. The minimum atomic E-state index is -3.80. The SMILES string of the molecule is CC(=O)O[Si](CCCc1ccc2c(c1)CO[Si](C)(CCl)O2)(OC(C)=O)OC(C)=O. The van der Waals surface area contributed by atoms with Crippen LogP contribution >= 0.6 is 11.6 Å². The van der Waals surface area contributed by atoms with Gasteiger partial charge >= 0.3 is 17.4 Å². The molecule has 1 unspecified atom stereocenters. The zero-order valence-electron chi connectivity index (χ0n) is 16.9. The van der Waals surface area contributed by atoms with Crippen LogP contribution in [0.5, 0.6) is 5.75 Å². The smallest absolute Gasteiger partial charge is 0.519 e. The van der Waals surface area contributed by atoms with Crippen molar-refractivity contribution in [2.75, 3.05) is 5.50 Å². The minimum Gasteiger partial charge on any atom is -0.519 e. The van der Waals surface area contributed by atoms with E-state index in [9.17, 15) is 14.4 Å². The fraction of sp³-hybridized carbons (Fsp3) is 0.500. The Morgan fingerprint density at radius 3 is 2.21 bits per heavy atom. The van der Waals surface area contributed by atoms with Crippen LogP contribution in [0.25, 0.3) is 0 Å². The molecular weight excluding hydrogens is 436 g/mol. The maximum absolute atomic E-state index is 11.5. The van der Waals surface area contributed by atoms with E-state index in [4.69, 9.17) is 33.7 Å². The second kappa shape index (κ2) is 9.74. The van der Waals surface area contributed by atoms with Gasteiger partial charge in [-0.2, -0.15) is 0 Å². The first-order valence-electron chi connectivity index (χ1n) is 9.16. The van der Waals surface area contributed by atoms with E-state index in [2.05, 4.69) is 0 Å². The third kappa shape index (κ3) is 6.84. The van der Waals surface area contributed by atoms with Gasteiger partial charge in [0.25, 0.3) is 17.9 Å². The van der Waals surface area contributed by atoms with E-state index >= 15 is 0 Å². The Bertz CT molecular complexity index is 746. The van der Waals surface area contributed by atoms with Crippen LogP contribution in [0.1, 0.15) is 38.3 Å². The lowest BCUT2D eigenvalue weighted by atomic mass is 10.1. The van der Waals surface area contributed by atoms with Crippen molar-refractivity contribution >= 4 is 46.9 Å². The third-order valence-corrected chi connectivity index (χ3v) is 10.2. The summed E-state index contributed by atoms with van der Waals surface area (Å²) in [7, 11) is -6.15. The number of rotatable bonds is 8. The van der Waals surface area contributed by atoms with E-state index in [0.29, 0.717) is 25.0 Å². The molecule has 1 aliphatic heterocycles. The highest BCUT2D eigenvalue weighted by Gasteiger charge is 2.51. The second-order valence-electron chi connectivity index (χ2n) is 6.92. The molecule has 0 radical (unpaired) electrons. The first-order valence-corrected chi connectivity index (χ1v) is 14.1. The Kier molecular flexibility index (Phi) is 7.86. The van der Waals surface area contributed by atoms with Crippen LogP contribution in [0.15, 0.2) is 18.2 Å². The van der Waals surface area contributed by atoms with E-state index in [-0.39, 0.29) is 6.04 Å². The number of fused-ring (bicyclic) bond motifs is 1. The normalized spacial score (nSPS) is 18.2. The van der Waals surface area contributed by atoms with Gasteiger partial charge in [0.15, 0.2) is 0 Å². The maximum Gasteiger partial charge on any atom is 0.705 e. The molecule has 0 spiro atoms. The average molecular weight is 461 g/mol. The number of alkyl halides is 1. The molecule has 1 heterocycles. The van der Waals surface area contributed by atoms with E-state index < -0.39 is 35.3 Å². The van der Waals surface area contributed by atoms with Crippen LogP contribution < -0.4 is 4.43 Å². The first kappa shape index (κ1) is 23.4. The Morgan fingerprint density at radius 1 is 1.10 bits per heavy atom.